The van der Waals surface area contributed by atoms with Crippen molar-refractivity contribution >= 4 is 0 Å². The van der Waals surface area contributed by atoms with Crippen molar-refractivity contribution in [3.8, 4) is 0 Å². The SMILES string of the molecule is O=c1ncccn1CC(O)C1CCOC1. The summed E-state index contributed by atoms with van der Waals surface area (Å²) in [6, 6.07) is 1.68. The van der Waals surface area contributed by atoms with Crippen LogP contribution in [0.3, 0.4) is 0 Å². The van der Waals surface area contributed by atoms with Gasteiger partial charge in [-0.25, -0.2) is 9.78 Å². The molecule has 0 radical (unpaired) electrons. The number of aliphatic hydroxyl groups is 1. The van der Waals surface area contributed by atoms with Crippen LogP contribution in [-0.4, -0.2) is 34.0 Å². The molecule has 0 spiro atoms. The topological polar surface area (TPSA) is 64.4 Å². The highest BCUT2D eigenvalue weighted by molar-refractivity contribution is 4.83. The van der Waals surface area contributed by atoms with Gasteiger partial charge >= 0.3 is 5.69 Å². The van der Waals surface area contributed by atoms with Crippen LogP contribution in [0, 0.1) is 5.92 Å². The maximum Gasteiger partial charge on any atom is 0.347 e. The average Bonchev–Trinajstić information content (AvgIpc) is 2.74. The van der Waals surface area contributed by atoms with E-state index in [9.17, 15) is 9.90 Å². The van der Waals surface area contributed by atoms with Crippen LogP contribution in [0.25, 0.3) is 0 Å². The fraction of sp³-hybridized carbons (Fsp3) is 0.600. The van der Waals surface area contributed by atoms with Crippen molar-refractivity contribution in [3.63, 3.8) is 0 Å². The minimum atomic E-state index is -0.533. The molecule has 2 unspecified atom stereocenters. The molecule has 0 aromatic carbocycles. The van der Waals surface area contributed by atoms with Gasteiger partial charge in [0.25, 0.3) is 0 Å². The van der Waals surface area contributed by atoms with Crippen LogP contribution < -0.4 is 5.69 Å². The number of rotatable bonds is 3. The van der Waals surface area contributed by atoms with Gasteiger partial charge in [-0.2, -0.15) is 0 Å². The second-order valence-electron chi connectivity index (χ2n) is 3.75. The molecule has 1 aliphatic rings. The van der Waals surface area contributed by atoms with Crippen molar-refractivity contribution in [1.82, 2.24) is 9.55 Å². The van der Waals surface area contributed by atoms with E-state index >= 15 is 0 Å². The molecule has 5 heteroatoms. The van der Waals surface area contributed by atoms with E-state index < -0.39 is 6.10 Å². The molecule has 0 aliphatic carbocycles. The molecule has 2 heterocycles. The largest absolute Gasteiger partial charge is 0.391 e. The third kappa shape index (κ3) is 2.43. The van der Waals surface area contributed by atoms with Crippen molar-refractivity contribution in [1.29, 1.82) is 0 Å². The molecule has 1 aromatic heterocycles. The van der Waals surface area contributed by atoms with E-state index in [1.54, 1.807) is 12.3 Å². The van der Waals surface area contributed by atoms with Crippen LogP contribution in [0.2, 0.25) is 0 Å². The van der Waals surface area contributed by atoms with Gasteiger partial charge in [0.15, 0.2) is 0 Å². The first-order chi connectivity index (χ1) is 7.27. The van der Waals surface area contributed by atoms with E-state index in [1.165, 1.54) is 10.8 Å². The lowest BCUT2D eigenvalue weighted by atomic mass is 10.0. The van der Waals surface area contributed by atoms with Crippen LogP contribution in [0.1, 0.15) is 6.42 Å². The third-order valence-electron chi connectivity index (χ3n) is 2.68. The average molecular weight is 210 g/mol. The molecule has 0 bridgehead atoms. The van der Waals surface area contributed by atoms with Crippen LogP contribution in [0.5, 0.6) is 0 Å². The molecule has 2 rings (SSSR count). The highest BCUT2D eigenvalue weighted by Crippen LogP contribution is 2.17. The lowest BCUT2D eigenvalue weighted by Crippen LogP contribution is -2.32. The predicted molar refractivity (Wildman–Crippen MR) is 53.4 cm³/mol. The molecule has 1 N–H and O–H groups in total. The lowest BCUT2D eigenvalue weighted by Gasteiger charge is -2.16. The van der Waals surface area contributed by atoms with Gasteiger partial charge in [0.1, 0.15) is 0 Å². The maximum atomic E-state index is 11.3. The molecule has 1 aliphatic heterocycles. The van der Waals surface area contributed by atoms with Gasteiger partial charge in [0.2, 0.25) is 0 Å². The highest BCUT2D eigenvalue weighted by atomic mass is 16.5. The Morgan fingerprint density at radius 3 is 3.27 bits per heavy atom. The van der Waals surface area contributed by atoms with Crippen molar-refractivity contribution in [3.05, 3.63) is 28.9 Å². The number of aliphatic hydroxyl groups excluding tert-OH is 1. The number of hydrogen-bond donors (Lipinski definition) is 1. The van der Waals surface area contributed by atoms with Gasteiger partial charge in [0, 0.05) is 24.9 Å². The van der Waals surface area contributed by atoms with E-state index in [0.717, 1.165) is 6.42 Å². The Labute approximate surface area is 87.3 Å². The molecular weight excluding hydrogens is 196 g/mol. The van der Waals surface area contributed by atoms with Crippen LogP contribution in [0.15, 0.2) is 23.3 Å². The van der Waals surface area contributed by atoms with E-state index in [1.807, 2.05) is 0 Å². The van der Waals surface area contributed by atoms with E-state index in [2.05, 4.69) is 4.98 Å². The smallest absolute Gasteiger partial charge is 0.347 e. The normalized spacial score (nSPS) is 22.9. The quantitative estimate of drug-likeness (QED) is 0.740. The zero-order valence-electron chi connectivity index (χ0n) is 8.37. The minimum Gasteiger partial charge on any atom is -0.391 e. The molecule has 5 nitrogen and oxygen atoms in total. The van der Waals surface area contributed by atoms with Gasteiger partial charge in [-0.05, 0) is 12.5 Å². The van der Waals surface area contributed by atoms with Gasteiger partial charge < -0.3 is 9.84 Å². The Kier molecular flexibility index (Phi) is 3.13. The molecule has 82 valence electrons. The number of aromatic nitrogens is 2. The number of ether oxygens (including phenoxy) is 1. The Morgan fingerprint density at radius 2 is 2.60 bits per heavy atom. The monoisotopic (exact) mass is 210 g/mol. The summed E-state index contributed by atoms with van der Waals surface area (Å²) in [6.45, 7) is 1.57. The minimum absolute atomic E-state index is 0.136. The van der Waals surface area contributed by atoms with Crippen LogP contribution in [0.4, 0.5) is 0 Å². The number of hydrogen-bond acceptors (Lipinski definition) is 4. The van der Waals surface area contributed by atoms with Crippen molar-refractivity contribution in [2.24, 2.45) is 5.92 Å². The third-order valence-corrected chi connectivity index (χ3v) is 2.68. The van der Waals surface area contributed by atoms with Crippen LogP contribution in [-0.2, 0) is 11.3 Å². The Hall–Kier alpha value is -1.20. The van der Waals surface area contributed by atoms with Crippen LogP contribution >= 0.6 is 0 Å². The molecular formula is C10H14N2O3. The first kappa shape index (κ1) is 10.3. The van der Waals surface area contributed by atoms with E-state index in [4.69, 9.17) is 4.74 Å². The van der Waals surface area contributed by atoms with Gasteiger partial charge in [-0.15, -0.1) is 0 Å². The summed E-state index contributed by atoms with van der Waals surface area (Å²) in [7, 11) is 0. The molecule has 15 heavy (non-hydrogen) atoms. The summed E-state index contributed by atoms with van der Waals surface area (Å²) in [6.07, 6.45) is 3.41. The van der Waals surface area contributed by atoms with Gasteiger partial charge in [-0.1, -0.05) is 0 Å². The first-order valence-corrected chi connectivity index (χ1v) is 5.04. The lowest BCUT2D eigenvalue weighted by molar-refractivity contribution is 0.0766. The Bertz CT molecular complexity index is 371. The molecule has 0 saturated carbocycles. The molecule has 1 aromatic rings. The zero-order valence-corrected chi connectivity index (χ0v) is 8.37. The maximum absolute atomic E-state index is 11.3. The molecule has 2 atom stereocenters. The predicted octanol–water partition coefficient (Wildman–Crippen LogP) is -0.359. The first-order valence-electron chi connectivity index (χ1n) is 5.04. The summed E-state index contributed by atoms with van der Waals surface area (Å²) < 4.78 is 6.60. The van der Waals surface area contributed by atoms with Crippen molar-refractivity contribution in [2.75, 3.05) is 13.2 Å². The van der Waals surface area contributed by atoms with Crippen molar-refractivity contribution < 1.29 is 9.84 Å². The zero-order chi connectivity index (χ0) is 10.7. The second kappa shape index (κ2) is 4.55. The summed E-state index contributed by atoms with van der Waals surface area (Å²) in [4.78, 5) is 14.9. The number of nitrogens with zero attached hydrogens (tertiary/aromatic N) is 2. The Morgan fingerprint density at radius 1 is 1.73 bits per heavy atom. The summed E-state index contributed by atoms with van der Waals surface area (Å²) >= 11 is 0. The fourth-order valence-corrected chi connectivity index (χ4v) is 1.73. The highest BCUT2D eigenvalue weighted by Gasteiger charge is 2.24. The Balaban J connectivity index is 2.02. The molecule has 0 amide bonds. The second-order valence-corrected chi connectivity index (χ2v) is 3.75. The van der Waals surface area contributed by atoms with Gasteiger partial charge in [-0.3, -0.25) is 4.57 Å². The summed E-state index contributed by atoms with van der Waals surface area (Å²) in [5, 5.41) is 9.86. The van der Waals surface area contributed by atoms with Crippen molar-refractivity contribution in [2.45, 2.75) is 19.1 Å². The fourth-order valence-electron chi connectivity index (χ4n) is 1.73. The summed E-state index contributed by atoms with van der Waals surface area (Å²) in [5.41, 5.74) is -0.324. The van der Waals surface area contributed by atoms with Gasteiger partial charge in [0.05, 0.1) is 19.3 Å². The molecule has 1 fully saturated rings. The summed E-state index contributed by atoms with van der Waals surface area (Å²) in [5.74, 6) is 0.136. The van der Waals surface area contributed by atoms with E-state index in [-0.39, 0.29) is 11.6 Å². The van der Waals surface area contributed by atoms with E-state index in [0.29, 0.717) is 19.8 Å². The molecule has 1 saturated heterocycles. The standard InChI is InChI=1S/C10H14N2O3/c13-9(8-2-5-15-7-8)6-12-4-1-3-11-10(12)14/h1,3-4,8-9,13H,2,5-7H2.